The minimum atomic E-state index is -4.61. The van der Waals surface area contributed by atoms with Crippen molar-refractivity contribution in [3.63, 3.8) is 0 Å². The van der Waals surface area contributed by atoms with Gasteiger partial charge in [-0.15, -0.1) is 0 Å². The summed E-state index contributed by atoms with van der Waals surface area (Å²) in [6.07, 6.45) is 35.4. The molecule has 0 spiro atoms. The van der Waals surface area contributed by atoms with E-state index >= 15 is 0 Å². The number of allylic oxidation sites excluding steroid dienone is 2. The molecule has 0 aliphatic carbocycles. The molecule has 0 aliphatic heterocycles. The van der Waals surface area contributed by atoms with Crippen LogP contribution in [0, 0.1) is 0 Å². The van der Waals surface area contributed by atoms with Gasteiger partial charge in [-0.2, -0.15) is 0 Å². The van der Waals surface area contributed by atoms with E-state index in [1.807, 2.05) is 0 Å². The van der Waals surface area contributed by atoms with Gasteiger partial charge in [-0.3, -0.25) is 18.6 Å². The predicted molar refractivity (Wildman–Crippen MR) is 203 cm³/mol. The topological polar surface area (TPSA) is 155 Å². The monoisotopic (exact) mass is 734 g/mol. The number of carboxylic acid groups (broad SMARTS) is 1. The van der Waals surface area contributed by atoms with Gasteiger partial charge in [0.1, 0.15) is 12.1 Å². The first-order valence-electron chi connectivity index (χ1n) is 20.2. The summed E-state index contributed by atoms with van der Waals surface area (Å²) in [6.45, 7) is 3.87. The molecule has 3 unspecified atom stereocenters. The Morgan fingerprint density at radius 3 is 1.52 bits per heavy atom. The summed E-state index contributed by atoms with van der Waals surface area (Å²) in [7, 11) is -4.61. The van der Waals surface area contributed by atoms with Gasteiger partial charge in [0.05, 0.1) is 19.8 Å². The molecular formula is C39H76NO9P. The molecular weight excluding hydrogens is 657 g/mol. The van der Waals surface area contributed by atoms with Crippen molar-refractivity contribution in [3.05, 3.63) is 12.2 Å². The number of phosphoric ester groups is 1. The van der Waals surface area contributed by atoms with Crippen molar-refractivity contribution in [1.29, 1.82) is 0 Å². The number of carbonyl (C=O) groups excluding carboxylic acids is 1. The van der Waals surface area contributed by atoms with Gasteiger partial charge in [0.2, 0.25) is 0 Å². The summed E-state index contributed by atoms with van der Waals surface area (Å²) < 4.78 is 33.2. The average molecular weight is 734 g/mol. The number of carbonyl (C=O) groups is 2. The van der Waals surface area contributed by atoms with E-state index in [4.69, 9.17) is 29.4 Å². The number of nitrogens with two attached hydrogens (primary N) is 1. The molecule has 0 aromatic carbocycles. The Morgan fingerprint density at radius 1 is 0.620 bits per heavy atom. The van der Waals surface area contributed by atoms with Crippen LogP contribution >= 0.6 is 7.82 Å². The molecule has 0 aliphatic rings. The first-order chi connectivity index (χ1) is 24.2. The van der Waals surface area contributed by atoms with Crippen molar-refractivity contribution >= 4 is 19.8 Å². The number of unbranched alkanes of at least 4 members (excludes halogenated alkanes) is 23. The molecule has 0 amide bonds. The van der Waals surface area contributed by atoms with E-state index in [0.29, 0.717) is 13.0 Å². The molecule has 3 atom stereocenters. The Bertz CT molecular complexity index is 857. The summed E-state index contributed by atoms with van der Waals surface area (Å²) in [4.78, 5) is 33.4. The molecule has 50 heavy (non-hydrogen) atoms. The number of ether oxygens (including phenoxy) is 2. The Hall–Kier alpha value is -1.29. The van der Waals surface area contributed by atoms with Gasteiger partial charge in [0, 0.05) is 13.0 Å². The Balaban J connectivity index is 4.25. The lowest BCUT2D eigenvalue weighted by Crippen LogP contribution is -2.34. The molecule has 11 heteroatoms. The number of esters is 1. The minimum Gasteiger partial charge on any atom is -0.480 e. The van der Waals surface area contributed by atoms with Crippen LogP contribution < -0.4 is 5.73 Å². The fourth-order valence-corrected chi connectivity index (χ4v) is 6.38. The Kier molecular flexibility index (Phi) is 35.2. The molecule has 0 rings (SSSR count). The highest BCUT2D eigenvalue weighted by Crippen LogP contribution is 2.43. The smallest absolute Gasteiger partial charge is 0.472 e. The van der Waals surface area contributed by atoms with E-state index in [1.165, 1.54) is 122 Å². The van der Waals surface area contributed by atoms with Gasteiger partial charge >= 0.3 is 19.8 Å². The average Bonchev–Trinajstić information content (AvgIpc) is 3.09. The van der Waals surface area contributed by atoms with Crippen molar-refractivity contribution in [2.45, 2.75) is 199 Å². The molecule has 0 saturated carbocycles. The van der Waals surface area contributed by atoms with Crippen LogP contribution in [0.2, 0.25) is 0 Å². The molecule has 0 heterocycles. The quantitative estimate of drug-likeness (QED) is 0.0240. The Morgan fingerprint density at radius 2 is 1.04 bits per heavy atom. The van der Waals surface area contributed by atoms with Crippen LogP contribution in [0.1, 0.15) is 187 Å². The van der Waals surface area contributed by atoms with Crippen LogP contribution in [-0.2, 0) is 32.7 Å². The summed E-state index contributed by atoms with van der Waals surface area (Å²) in [5.74, 6) is -1.78. The van der Waals surface area contributed by atoms with E-state index in [1.54, 1.807) is 0 Å². The van der Waals surface area contributed by atoms with Crippen LogP contribution in [0.15, 0.2) is 12.2 Å². The van der Waals surface area contributed by atoms with E-state index in [0.717, 1.165) is 38.5 Å². The summed E-state index contributed by atoms with van der Waals surface area (Å²) in [5, 5.41) is 8.87. The Labute approximate surface area is 305 Å². The normalized spacial score (nSPS) is 14.2. The number of rotatable bonds is 39. The lowest BCUT2D eigenvalue weighted by Gasteiger charge is -2.20. The zero-order chi connectivity index (χ0) is 37.0. The molecule has 296 valence electrons. The van der Waals surface area contributed by atoms with Crippen LogP contribution in [-0.4, -0.2) is 60.5 Å². The number of carboxylic acids is 1. The SMILES string of the molecule is CCCCCCCC/C=C\CCCCCCCCOCC(COP(=O)(O)OCC(N)C(=O)O)OC(=O)CCCCCCCCCCCCCC. The fraction of sp³-hybridized carbons (Fsp3) is 0.897. The largest absolute Gasteiger partial charge is 0.480 e. The molecule has 0 aromatic heterocycles. The number of hydrogen-bond donors (Lipinski definition) is 3. The van der Waals surface area contributed by atoms with E-state index in [2.05, 4.69) is 26.0 Å². The van der Waals surface area contributed by atoms with Crippen molar-refractivity contribution in [3.8, 4) is 0 Å². The molecule has 0 fully saturated rings. The van der Waals surface area contributed by atoms with Gasteiger partial charge in [0.25, 0.3) is 0 Å². The van der Waals surface area contributed by atoms with Gasteiger partial charge in [0.15, 0.2) is 0 Å². The van der Waals surface area contributed by atoms with Crippen LogP contribution in [0.25, 0.3) is 0 Å². The highest BCUT2D eigenvalue weighted by molar-refractivity contribution is 7.47. The van der Waals surface area contributed by atoms with Crippen molar-refractivity contribution in [2.75, 3.05) is 26.4 Å². The minimum absolute atomic E-state index is 0.0178. The molecule has 10 nitrogen and oxygen atoms in total. The lowest BCUT2D eigenvalue weighted by atomic mass is 10.0. The number of phosphoric acid groups is 1. The number of aliphatic carboxylic acids is 1. The maximum absolute atomic E-state index is 12.6. The second-order valence-electron chi connectivity index (χ2n) is 13.8. The third-order valence-corrected chi connectivity index (χ3v) is 9.75. The molecule has 4 N–H and O–H groups in total. The van der Waals surface area contributed by atoms with Gasteiger partial charge < -0.3 is 25.2 Å². The maximum Gasteiger partial charge on any atom is 0.472 e. The summed E-state index contributed by atoms with van der Waals surface area (Å²) in [6, 6.07) is -1.47. The van der Waals surface area contributed by atoms with Gasteiger partial charge in [-0.25, -0.2) is 4.57 Å². The first kappa shape index (κ1) is 48.7. The molecule has 0 radical (unpaired) electrons. The molecule has 0 saturated heterocycles. The maximum atomic E-state index is 12.6. The molecule has 0 bridgehead atoms. The molecule has 0 aromatic rings. The van der Waals surface area contributed by atoms with Crippen molar-refractivity contribution in [1.82, 2.24) is 0 Å². The number of hydrogen-bond acceptors (Lipinski definition) is 8. The summed E-state index contributed by atoms with van der Waals surface area (Å²) >= 11 is 0. The van der Waals surface area contributed by atoms with Crippen molar-refractivity contribution < 1.29 is 42.7 Å². The van der Waals surface area contributed by atoms with Crippen molar-refractivity contribution in [2.24, 2.45) is 5.73 Å². The highest BCUT2D eigenvalue weighted by Gasteiger charge is 2.27. The second kappa shape index (κ2) is 36.1. The van der Waals surface area contributed by atoms with Crippen LogP contribution in [0.3, 0.4) is 0 Å². The zero-order valence-electron chi connectivity index (χ0n) is 32.0. The lowest BCUT2D eigenvalue weighted by molar-refractivity contribution is -0.154. The van der Waals surface area contributed by atoms with Crippen LogP contribution in [0.5, 0.6) is 0 Å². The van der Waals surface area contributed by atoms with E-state index in [9.17, 15) is 19.0 Å². The second-order valence-corrected chi connectivity index (χ2v) is 15.2. The predicted octanol–water partition coefficient (Wildman–Crippen LogP) is 10.6. The summed E-state index contributed by atoms with van der Waals surface area (Å²) in [5.41, 5.74) is 5.34. The highest BCUT2D eigenvalue weighted by atomic mass is 31.2. The zero-order valence-corrected chi connectivity index (χ0v) is 32.9. The van der Waals surface area contributed by atoms with E-state index in [-0.39, 0.29) is 13.0 Å². The van der Waals surface area contributed by atoms with Crippen LogP contribution in [0.4, 0.5) is 0 Å². The third-order valence-electron chi connectivity index (χ3n) is 8.79. The van der Waals surface area contributed by atoms with E-state index < -0.39 is 45.1 Å². The van der Waals surface area contributed by atoms with Gasteiger partial charge in [-0.05, 0) is 38.5 Å². The fourth-order valence-electron chi connectivity index (χ4n) is 5.60. The van der Waals surface area contributed by atoms with Gasteiger partial charge in [-0.1, -0.05) is 154 Å². The standard InChI is InChI=1S/C39H76NO9P/c1-3-5-7-9-11-13-15-17-18-19-20-22-24-26-28-30-32-46-33-36(34-47-50(44,45)48-35-37(40)39(42)43)49-38(41)31-29-27-25-23-21-16-14-12-10-8-6-4-2/h17-18,36-37H,3-16,19-35,40H2,1-2H3,(H,42,43)(H,44,45)/b18-17-. The third kappa shape index (κ3) is 35.1. The first-order valence-corrected chi connectivity index (χ1v) is 21.7.